The molecule has 12 heteroatoms. The van der Waals surface area contributed by atoms with Gasteiger partial charge in [0.25, 0.3) is 17.5 Å². The molecule has 0 spiro atoms. The second kappa shape index (κ2) is 14.0. The molecule has 0 aliphatic heterocycles. The van der Waals surface area contributed by atoms with Gasteiger partial charge in [-0.05, 0) is 48.9 Å². The van der Waals surface area contributed by atoms with Crippen LogP contribution in [0.4, 0.5) is 16.5 Å². The third-order valence-corrected chi connectivity index (χ3v) is 7.70. The van der Waals surface area contributed by atoms with E-state index in [1.54, 1.807) is 66.2 Å². The van der Waals surface area contributed by atoms with Crippen LogP contribution in [0.25, 0.3) is 6.08 Å². The number of hydrogen-bond acceptors (Lipinski definition) is 8. The highest BCUT2D eigenvalue weighted by Crippen LogP contribution is 2.29. The maximum Gasteiger partial charge on any atom is 0.276 e. The lowest BCUT2D eigenvalue weighted by atomic mass is 10.1. The minimum absolute atomic E-state index is 0.150. The molecular weight excluding hydrogens is 562 g/mol. The molecule has 0 saturated heterocycles. The molecule has 0 aliphatic rings. The highest BCUT2D eigenvalue weighted by molar-refractivity contribution is 8.00. The fraction of sp³-hybridized carbons (Fsp3) is 0.103. The number of nitro benzene ring substituents is 1. The van der Waals surface area contributed by atoms with Crippen molar-refractivity contribution in [2.45, 2.75) is 23.5 Å². The first kappa shape index (κ1) is 29.2. The van der Waals surface area contributed by atoms with Crippen molar-refractivity contribution >= 4 is 63.4 Å². The van der Waals surface area contributed by atoms with Gasteiger partial charge in [-0.25, -0.2) is 4.98 Å². The highest BCUT2D eigenvalue weighted by atomic mass is 32.2. The Morgan fingerprint density at radius 2 is 1.78 bits per heavy atom. The van der Waals surface area contributed by atoms with E-state index in [0.29, 0.717) is 22.8 Å². The predicted molar refractivity (Wildman–Crippen MR) is 161 cm³/mol. The summed E-state index contributed by atoms with van der Waals surface area (Å²) in [6.07, 6.45) is 3.44. The lowest BCUT2D eigenvalue weighted by molar-refractivity contribution is -0.385. The lowest BCUT2D eigenvalue weighted by Gasteiger charge is -2.15. The van der Waals surface area contributed by atoms with Crippen LogP contribution in [0.2, 0.25) is 0 Å². The van der Waals surface area contributed by atoms with E-state index in [2.05, 4.69) is 20.9 Å². The summed E-state index contributed by atoms with van der Waals surface area (Å²) < 4.78 is 0. The monoisotopic (exact) mass is 587 g/mol. The molecule has 4 rings (SSSR count). The highest BCUT2D eigenvalue weighted by Gasteiger charge is 2.21. The van der Waals surface area contributed by atoms with E-state index in [0.717, 1.165) is 4.90 Å². The molecule has 208 valence electrons. The van der Waals surface area contributed by atoms with Crippen molar-refractivity contribution in [2.24, 2.45) is 0 Å². The maximum absolute atomic E-state index is 13.4. The first-order valence-electron chi connectivity index (χ1n) is 12.4. The number of benzene rings is 3. The Bertz CT molecular complexity index is 1580. The number of carbonyl (C=O) groups is 3. The average Bonchev–Trinajstić information content (AvgIpc) is 3.49. The van der Waals surface area contributed by atoms with Crippen molar-refractivity contribution in [3.05, 3.63) is 117 Å². The van der Waals surface area contributed by atoms with Crippen molar-refractivity contribution in [3.63, 3.8) is 0 Å². The summed E-state index contributed by atoms with van der Waals surface area (Å²) in [6, 6.07) is 21.1. The lowest BCUT2D eigenvalue weighted by Crippen LogP contribution is -2.30. The summed E-state index contributed by atoms with van der Waals surface area (Å²) in [5, 5.41) is 21.6. The number of para-hydroxylation sites is 1. The summed E-state index contributed by atoms with van der Waals surface area (Å²) in [5.41, 5.74) is 0.482. The van der Waals surface area contributed by atoms with Crippen LogP contribution in [0.3, 0.4) is 0 Å². The Morgan fingerprint density at radius 3 is 2.49 bits per heavy atom. The Balaban J connectivity index is 1.55. The molecule has 0 saturated carbocycles. The number of rotatable bonds is 11. The van der Waals surface area contributed by atoms with Crippen LogP contribution in [0.5, 0.6) is 0 Å². The van der Waals surface area contributed by atoms with Gasteiger partial charge in [-0.2, -0.15) is 0 Å². The largest absolute Gasteiger partial charge is 0.321 e. The second-order valence-corrected chi connectivity index (χ2v) is 10.7. The number of nitro groups is 1. The third kappa shape index (κ3) is 8.10. The smallest absolute Gasteiger partial charge is 0.276 e. The molecule has 10 nitrogen and oxygen atoms in total. The van der Waals surface area contributed by atoms with Crippen LogP contribution in [-0.4, -0.2) is 32.9 Å². The van der Waals surface area contributed by atoms with Crippen molar-refractivity contribution < 1.29 is 19.3 Å². The zero-order chi connectivity index (χ0) is 29.2. The zero-order valence-corrected chi connectivity index (χ0v) is 23.4. The van der Waals surface area contributed by atoms with Crippen LogP contribution in [0, 0.1) is 10.1 Å². The van der Waals surface area contributed by atoms with Crippen LogP contribution >= 0.6 is 23.1 Å². The van der Waals surface area contributed by atoms with Gasteiger partial charge in [0, 0.05) is 33.8 Å². The third-order valence-electron chi connectivity index (χ3n) is 5.66. The first-order valence-corrected chi connectivity index (χ1v) is 14.2. The van der Waals surface area contributed by atoms with E-state index in [1.165, 1.54) is 47.4 Å². The number of anilines is 2. The molecule has 4 aromatic rings. The van der Waals surface area contributed by atoms with E-state index in [4.69, 9.17) is 0 Å². The van der Waals surface area contributed by atoms with Crippen molar-refractivity contribution in [2.75, 3.05) is 10.6 Å². The fourth-order valence-corrected chi connectivity index (χ4v) is 5.22. The van der Waals surface area contributed by atoms with Crippen LogP contribution < -0.4 is 16.0 Å². The summed E-state index contributed by atoms with van der Waals surface area (Å²) in [5.74, 6) is -1.41. The zero-order valence-electron chi connectivity index (χ0n) is 21.8. The van der Waals surface area contributed by atoms with Crippen molar-refractivity contribution in [1.82, 2.24) is 10.3 Å². The summed E-state index contributed by atoms with van der Waals surface area (Å²) in [4.78, 5) is 54.8. The van der Waals surface area contributed by atoms with E-state index >= 15 is 0 Å². The minimum Gasteiger partial charge on any atom is -0.321 e. The Hall–Kier alpha value is -4.81. The maximum atomic E-state index is 13.4. The Morgan fingerprint density at radius 1 is 1.02 bits per heavy atom. The molecule has 0 radical (unpaired) electrons. The predicted octanol–water partition coefficient (Wildman–Crippen LogP) is 5.97. The Labute approximate surface area is 244 Å². The number of amides is 3. The van der Waals surface area contributed by atoms with Gasteiger partial charge in [-0.15, -0.1) is 23.1 Å². The molecule has 1 unspecified atom stereocenters. The van der Waals surface area contributed by atoms with Gasteiger partial charge < -0.3 is 16.0 Å². The molecule has 0 bridgehead atoms. The summed E-state index contributed by atoms with van der Waals surface area (Å²) >= 11 is 2.67. The number of thioether (sulfide) groups is 1. The Kier molecular flexibility index (Phi) is 9.97. The molecule has 3 amide bonds. The molecule has 41 heavy (non-hydrogen) atoms. The molecular formula is C29H25N5O5S2. The standard InChI is InChI=1S/C29H25N5O5S2/c1-2-25(28(37)33-29-30-15-16-40-29)41-22-13-8-12-21(18-22)31-27(36)23(32-26(35)19-9-4-3-5-10-19)17-20-11-6-7-14-24(20)34(38)39/h3-18,25H,2H2,1H3,(H,31,36)(H,32,35)(H,30,33,37)/b23-17+. The number of nitrogens with one attached hydrogen (secondary N) is 3. The van der Waals surface area contributed by atoms with Gasteiger partial charge in [0.15, 0.2) is 5.13 Å². The van der Waals surface area contributed by atoms with Gasteiger partial charge in [-0.1, -0.05) is 43.3 Å². The topological polar surface area (TPSA) is 143 Å². The number of aromatic nitrogens is 1. The average molecular weight is 588 g/mol. The van der Waals surface area contributed by atoms with Crippen molar-refractivity contribution in [3.8, 4) is 0 Å². The quantitative estimate of drug-likeness (QED) is 0.0849. The van der Waals surface area contributed by atoms with Gasteiger partial charge >= 0.3 is 0 Å². The van der Waals surface area contributed by atoms with Gasteiger partial charge in [0.1, 0.15) is 5.70 Å². The number of nitrogens with zero attached hydrogens (tertiary/aromatic N) is 2. The normalized spacial score (nSPS) is 11.8. The first-order chi connectivity index (χ1) is 19.8. The van der Waals surface area contributed by atoms with Crippen LogP contribution in [0.15, 0.2) is 101 Å². The fourth-order valence-electron chi connectivity index (χ4n) is 3.68. The molecule has 1 aromatic heterocycles. The molecule has 0 fully saturated rings. The van der Waals surface area contributed by atoms with Gasteiger partial charge in [-0.3, -0.25) is 24.5 Å². The van der Waals surface area contributed by atoms with Gasteiger partial charge in [0.05, 0.1) is 15.7 Å². The number of carbonyl (C=O) groups excluding carboxylic acids is 3. The summed E-state index contributed by atoms with van der Waals surface area (Å²) in [6.45, 7) is 1.90. The number of hydrogen-bond donors (Lipinski definition) is 3. The minimum atomic E-state index is -0.678. The molecule has 3 aromatic carbocycles. The van der Waals surface area contributed by atoms with Crippen molar-refractivity contribution in [1.29, 1.82) is 0 Å². The van der Waals surface area contributed by atoms with E-state index in [-0.39, 0.29) is 22.9 Å². The molecule has 0 aliphatic carbocycles. The summed E-state index contributed by atoms with van der Waals surface area (Å²) in [7, 11) is 0. The van der Waals surface area contributed by atoms with E-state index in [1.807, 2.05) is 13.0 Å². The molecule has 1 atom stereocenters. The SMILES string of the molecule is CCC(Sc1cccc(NC(=O)/C(=C\c2ccccc2[N+](=O)[O-])NC(=O)c2ccccc2)c1)C(=O)Nc1nccs1. The second-order valence-electron chi connectivity index (χ2n) is 8.52. The number of thiazole rings is 1. The van der Waals surface area contributed by atoms with E-state index in [9.17, 15) is 24.5 Å². The van der Waals surface area contributed by atoms with E-state index < -0.39 is 22.0 Å². The van der Waals surface area contributed by atoms with Gasteiger partial charge in [0.2, 0.25) is 5.91 Å². The van der Waals surface area contributed by atoms with Crippen LogP contribution in [-0.2, 0) is 9.59 Å². The molecule has 1 heterocycles. The molecule has 3 N–H and O–H groups in total. The van der Waals surface area contributed by atoms with Crippen LogP contribution in [0.1, 0.15) is 29.3 Å².